The lowest BCUT2D eigenvalue weighted by Crippen LogP contribution is -2.66. The third-order valence-corrected chi connectivity index (χ3v) is 4.35. The van der Waals surface area contributed by atoms with Crippen molar-refractivity contribution >= 4 is 0 Å². The van der Waals surface area contributed by atoms with Crippen LogP contribution in [0.25, 0.3) is 0 Å². The van der Waals surface area contributed by atoms with E-state index in [-0.39, 0.29) is 5.92 Å². The first-order chi connectivity index (χ1) is 6.01. The van der Waals surface area contributed by atoms with Crippen LogP contribution in [-0.4, -0.2) is 21.7 Å². The highest BCUT2D eigenvalue weighted by Gasteiger charge is 2.65. The Kier molecular flexibility index (Phi) is 1.31. The summed E-state index contributed by atoms with van der Waals surface area (Å²) in [5.74, 6) is -1.69. The van der Waals surface area contributed by atoms with Crippen molar-refractivity contribution in [1.82, 2.24) is 0 Å². The summed E-state index contributed by atoms with van der Waals surface area (Å²) in [6.45, 7) is 0. The summed E-state index contributed by atoms with van der Waals surface area (Å²) >= 11 is 0. The van der Waals surface area contributed by atoms with E-state index in [1.165, 1.54) is 0 Å². The average molecular weight is 186 g/mol. The topological polar surface area (TPSA) is 40.5 Å². The summed E-state index contributed by atoms with van der Waals surface area (Å²) < 4.78 is 13.9. The lowest BCUT2D eigenvalue weighted by Gasteiger charge is -2.59. The molecule has 0 heterocycles. The third kappa shape index (κ3) is 0.847. The minimum atomic E-state index is -2.31. The minimum Gasteiger partial charge on any atom is -0.384 e. The largest absolute Gasteiger partial charge is 0.384 e. The van der Waals surface area contributed by atoms with E-state index in [0.29, 0.717) is 24.7 Å². The maximum absolute atomic E-state index is 13.9. The highest BCUT2D eigenvalue weighted by molar-refractivity contribution is 5.11. The monoisotopic (exact) mass is 186 g/mol. The van der Waals surface area contributed by atoms with E-state index in [2.05, 4.69) is 0 Å². The van der Waals surface area contributed by atoms with Gasteiger partial charge in [-0.05, 0) is 43.9 Å². The Labute approximate surface area is 76.8 Å². The van der Waals surface area contributed by atoms with Gasteiger partial charge in [0.2, 0.25) is 5.85 Å². The first-order valence-electron chi connectivity index (χ1n) is 5.15. The van der Waals surface area contributed by atoms with E-state index in [0.717, 1.165) is 19.3 Å². The first kappa shape index (κ1) is 8.18. The van der Waals surface area contributed by atoms with Crippen LogP contribution in [0.4, 0.5) is 4.39 Å². The molecule has 4 aliphatic carbocycles. The van der Waals surface area contributed by atoms with Gasteiger partial charge in [-0.3, -0.25) is 0 Å². The van der Waals surface area contributed by atoms with Crippen LogP contribution in [-0.2, 0) is 0 Å². The Morgan fingerprint density at radius 3 is 2.00 bits per heavy atom. The van der Waals surface area contributed by atoms with Crippen LogP contribution in [0.1, 0.15) is 32.1 Å². The Hall–Kier alpha value is -0.150. The summed E-state index contributed by atoms with van der Waals surface area (Å²) in [6, 6.07) is 0. The van der Waals surface area contributed by atoms with Gasteiger partial charge in [0.1, 0.15) is 5.60 Å². The van der Waals surface area contributed by atoms with Gasteiger partial charge in [0.05, 0.1) is 0 Å². The van der Waals surface area contributed by atoms with Gasteiger partial charge in [-0.25, -0.2) is 4.39 Å². The van der Waals surface area contributed by atoms with Crippen LogP contribution >= 0.6 is 0 Å². The highest BCUT2D eigenvalue weighted by Crippen LogP contribution is 2.60. The number of hydrogen-bond acceptors (Lipinski definition) is 2. The van der Waals surface area contributed by atoms with Gasteiger partial charge in [0, 0.05) is 5.92 Å². The number of rotatable bonds is 0. The molecule has 2 nitrogen and oxygen atoms in total. The van der Waals surface area contributed by atoms with E-state index in [4.69, 9.17) is 0 Å². The fraction of sp³-hybridized carbons (Fsp3) is 1.00. The molecule has 0 amide bonds. The molecule has 3 unspecified atom stereocenters. The maximum atomic E-state index is 13.9. The van der Waals surface area contributed by atoms with Gasteiger partial charge in [-0.15, -0.1) is 0 Å². The second-order valence-electron chi connectivity index (χ2n) is 5.25. The van der Waals surface area contributed by atoms with Gasteiger partial charge in [-0.1, -0.05) is 0 Å². The smallest absolute Gasteiger partial charge is 0.238 e. The zero-order valence-electron chi connectivity index (χ0n) is 7.54. The molecule has 0 aromatic rings. The van der Waals surface area contributed by atoms with Crippen LogP contribution in [0, 0.1) is 17.8 Å². The molecule has 0 aromatic heterocycles. The highest BCUT2D eigenvalue weighted by atomic mass is 19.2. The second-order valence-corrected chi connectivity index (χ2v) is 5.25. The molecule has 4 rings (SSSR count). The molecule has 0 radical (unpaired) electrons. The molecule has 0 spiro atoms. The summed E-state index contributed by atoms with van der Waals surface area (Å²) in [7, 11) is 0. The Morgan fingerprint density at radius 1 is 1.00 bits per heavy atom. The SMILES string of the molecule is OC12CC3CC(CC(C3)C1(O)F)C2. The molecule has 4 bridgehead atoms. The molecule has 0 aliphatic heterocycles. The second kappa shape index (κ2) is 2.09. The van der Waals surface area contributed by atoms with Crippen LogP contribution in [0.15, 0.2) is 0 Å². The van der Waals surface area contributed by atoms with Gasteiger partial charge < -0.3 is 10.2 Å². The molecular formula is C10H15FO2. The zero-order chi connectivity index (χ0) is 9.27. The quantitative estimate of drug-likeness (QED) is 0.597. The van der Waals surface area contributed by atoms with Crippen LogP contribution < -0.4 is 0 Å². The standard InChI is InChI=1S/C10H15FO2/c11-10(13)8-2-6-1-7(3-8)5-9(10,12)4-6/h6-8,12-13H,1-5H2. The molecule has 0 saturated heterocycles. The normalized spacial score (nSPS) is 64.4. The molecular weight excluding hydrogens is 171 g/mol. The number of aliphatic hydroxyl groups is 2. The lowest BCUT2D eigenvalue weighted by atomic mass is 9.52. The predicted octanol–water partition coefficient (Wildman–Crippen LogP) is 1.22. The summed E-state index contributed by atoms with van der Waals surface area (Å²) in [5, 5.41) is 19.6. The fourth-order valence-electron chi connectivity index (χ4n) is 3.92. The van der Waals surface area contributed by atoms with Crippen molar-refractivity contribution in [3.8, 4) is 0 Å². The number of halogens is 1. The van der Waals surface area contributed by atoms with Crippen LogP contribution in [0.2, 0.25) is 0 Å². The molecule has 3 atom stereocenters. The molecule has 4 saturated carbocycles. The molecule has 0 aromatic carbocycles. The Morgan fingerprint density at radius 2 is 1.54 bits per heavy atom. The van der Waals surface area contributed by atoms with Crippen LogP contribution in [0.3, 0.4) is 0 Å². The van der Waals surface area contributed by atoms with Gasteiger partial charge in [-0.2, -0.15) is 0 Å². The minimum absolute atomic E-state index is 0.302. The molecule has 74 valence electrons. The van der Waals surface area contributed by atoms with Crippen molar-refractivity contribution in [2.45, 2.75) is 43.6 Å². The number of alkyl halides is 1. The van der Waals surface area contributed by atoms with Crippen molar-refractivity contribution in [1.29, 1.82) is 0 Å². The van der Waals surface area contributed by atoms with Gasteiger partial charge in [0.25, 0.3) is 0 Å². The van der Waals surface area contributed by atoms with Crippen molar-refractivity contribution in [3.05, 3.63) is 0 Å². The molecule has 4 aliphatic rings. The summed E-state index contributed by atoms with van der Waals surface area (Å²) in [4.78, 5) is 0. The Balaban J connectivity index is 2.03. The zero-order valence-corrected chi connectivity index (χ0v) is 7.54. The third-order valence-electron chi connectivity index (χ3n) is 4.35. The van der Waals surface area contributed by atoms with E-state index in [1.54, 1.807) is 0 Å². The van der Waals surface area contributed by atoms with E-state index in [9.17, 15) is 14.6 Å². The van der Waals surface area contributed by atoms with E-state index in [1.807, 2.05) is 0 Å². The van der Waals surface area contributed by atoms with Crippen molar-refractivity contribution in [2.75, 3.05) is 0 Å². The fourth-order valence-corrected chi connectivity index (χ4v) is 3.92. The Bertz CT molecular complexity index is 237. The molecule has 3 heteroatoms. The van der Waals surface area contributed by atoms with E-state index < -0.39 is 11.5 Å². The van der Waals surface area contributed by atoms with Gasteiger partial charge >= 0.3 is 0 Å². The van der Waals surface area contributed by atoms with Crippen molar-refractivity contribution < 1.29 is 14.6 Å². The van der Waals surface area contributed by atoms with Crippen molar-refractivity contribution in [2.24, 2.45) is 17.8 Å². The molecule has 4 fully saturated rings. The van der Waals surface area contributed by atoms with Crippen molar-refractivity contribution in [3.63, 3.8) is 0 Å². The molecule has 13 heavy (non-hydrogen) atoms. The summed E-state index contributed by atoms with van der Waals surface area (Å²) in [5.41, 5.74) is -1.41. The first-order valence-corrected chi connectivity index (χ1v) is 5.15. The maximum Gasteiger partial charge on any atom is 0.238 e. The predicted molar refractivity (Wildman–Crippen MR) is 44.6 cm³/mol. The number of hydrogen-bond donors (Lipinski definition) is 2. The van der Waals surface area contributed by atoms with Crippen LogP contribution in [0.5, 0.6) is 0 Å². The molecule has 2 N–H and O–H groups in total. The van der Waals surface area contributed by atoms with Gasteiger partial charge in [0.15, 0.2) is 0 Å². The summed E-state index contributed by atoms with van der Waals surface area (Å²) in [6.07, 6.45) is 3.60. The van der Waals surface area contributed by atoms with E-state index >= 15 is 0 Å². The average Bonchev–Trinajstić information content (AvgIpc) is 1.99. The lowest BCUT2D eigenvalue weighted by molar-refractivity contribution is -0.323.